The Balaban J connectivity index is 1.47. The third-order valence-corrected chi connectivity index (χ3v) is 9.67. The van der Waals surface area contributed by atoms with E-state index in [2.05, 4.69) is 5.32 Å². The van der Waals surface area contributed by atoms with Gasteiger partial charge >= 0.3 is 0 Å². The highest BCUT2D eigenvalue weighted by molar-refractivity contribution is 7.94. The Kier molecular flexibility index (Phi) is 8.59. The number of halogens is 2. The molecule has 38 heavy (non-hydrogen) atoms. The van der Waals surface area contributed by atoms with E-state index in [1.807, 2.05) is 25.1 Å². The van der Waals surface area contributed by atoms with Gasteiger partial charge in [0.1, 0.15) is 9.96 Å². The quantitative estimate of drug-likeness (QED) is 0.349. The number of rotatable bonds is 10. The van der Waals surface area contributed by atoms with Gasteiger partial charge in [0.15, 0.2) is 15.6 Å². The Bertz CT molecular complexity index is 1520. The molecule has 0 saturated heterocycles. The molecular weight excluding hydrogens is 569 g/mol. The SMILES string of the molecule is CN(C)CCNc1ccc2c(c1)CC(=O)N(c1ccc(CC(=O)CS(=O)(=O)c3ccc(Cl)s3)cc1Cl)C2=O. The number of amides is 2. The number of ketones is 1. The molecule has 3 aromatic rings. The van der Waals surface area contributed by atoms with Gasteiger partial charge in [0, 0.05) is 30.8 Å². The second-order valence-electron chi connectivity index (χ2n) is 9.13. The zero-order valence-electron chi connectivity index (χ0n) is 20.7. The van der Waals surface area contributed by atoms with Crippen molar-refractivity contribution < 1.29 is 22.8 Å². The number of hydrogen-bond donors (Lipinski definition) is 1. The topological polar surface area (TPSA) is 104 Å². The summed E-state index contributed by atoms with van der Waals surface area (Å²) in [6.45, 7) is 1.56. The number of carbonyl (C=O) groups excluding carboxylic acids is 3. The van der Waals surface area contributed by atoms with Gasteiger partial charge in [-0.1, -0.05) is 29.3 Å². The number of anilines is 2. The molecule has 0 atom stereocenters. The molecule has 2 aromatic carbocycles. The van der Waals surface area contributed by atoms with Crippen LogP contribution in [-0.2, 0) is 32.3 Å². The van der Waals surface area contributed by atoms with Crippen molar-refractivity contribution in [2.24, 2.45) is 0 Å². The molecule has 0 radical (unpaired) electrons. The van der Waals surface area contributed by atoms with E-state index in [9.17, 15) is 22.8 Å². The zero-order valence-corrected chi connectivity index (χ0v) is 23.8. The van der Waals surface area contributed by atoms with E-state index in [0.717, 1.165) is 35.0 Å². The number of imide groups is 1. The van der Waals surface area contributed by atoms with Crippen LogP contribution in [0.5, 0.6) is 0 Å². The number of hydrogen-bond acceptors (Lipinski definition) is 8. The van der Waals surface area contributed by atoms with Gasteiger partial charge in [-0.3, -0.25) is 14.4 Å². The fourth-order valence-electron chi connectivity index (χ4n) is 4.07. The first-order chi connectivity index (χ1) is 17.9. The van der Waals surface area contributed by atoms with Crippen LogP contribution in [-0.4, -0.2) is 63.9 Å². The van der Waals surface area contributed by atoms with Gasteiger partial charge in [0.2, 0.25) is 5.91 Å². The minimum Gasteiger partial charge on any atom is -0.384 e. The van der Waals surface area contributed by atoms with Gasteiger partial charge in [-0.25, -0.2) is 13.3 Å². The molecular formula is C26H25Cl2N3O5S2. The lowest BCUT2D eigenvalue weighted by Gasteiger charge is -2.28. The minimum absolute atomic E-state index is 0.0306. The van der Waals surface area contributed by atoms with Crippen LogP contribution in [0.4, 0.5) is 11.4 Å². The third-order valence-electron chi connectivity index (χ3n) is 5.88. The van der Waals surface area contributed by atoms with E-state index in [1.165, 1.54) is 24.3 Å². The largest absolute Gasteiger partial charge is 0.384 e. The van der Waals surface area contributed by atoms with Gasteiger partial charge in [-0.2, -0.15) is 0 Å². The molecule has 4 rings (SSSR count). The predicted molar refractivity (Wildman–Crippen MR) is 151 cm³/mol. The van der Waals surface area contributed by atoms with Crippen molar-refractivity contribution in [1.29, 1.82) is 0 Å². The van der Waals surface area contributed by atoms with Gasteiger partial charge in [0.25, 0.3) is 5.91 Å². The van der Waals surface area contributed by atoms with Crippen LogP contribution in [0, 0.1) is 0 Å². The van der Waals surface area contributed by atoms with E-state index < -0.39 is 33.2 Å². The number of benzene rings is 2. The molecule has 12 heteroatoms. The molecule has 1 aromatic heterocycles. The number of carbonyl (C=O) groups is 3. The summed E-state index contributed by atoms with van der Waals surface area (Å²) in [6.07, 6.45) is -0.141. The minimum atomic E-state index is -3.80. The van der Waals surface area contributed by atoms with Crippen molar-refractivity contribution in [3.8, 4) is 0 Å². The monoisotopic (exact) mass is 593 g/mol. The van der Waals surface area contributed by atoms with Gasteiger partial charge in [0.05, 0.1) is 21.5 Å². The summed E-state index contributed by atoms with van der Waals surface area (Å²) in [6, 6.07) is 12.7. The first-order valence-electron chi connectivity index (χ1n) is 11.6. The molecule has 0 spiro atoms. The van der Waals surface area contributed by atoms with Gasteiger partial charge < -0.3 is 10.2 Å². The molecule has 0 bridgehead atoms. The highest BCUT2D eigenvalue weighted by Crippen LogP contribution is 2.33. The van der Waals surface area contributed by atoms with Crippen LogP contribution >= 0.6 is 34.5 Å². The zero-order chi connectivity index (χ0) is 27.6. The van der Waals surface area contributed by atoms with Gasteiger partial charge in [-0.15, -0.1) is 11.3 Å². The van der Waals surface area contributed by atoms with Crippen molar-refractivity contribution in [1.82, 2.24) is 4.90 Å². The molecule has 0 unspecified atom stereocenters. The van der Waals surface area contributed by atoms with Crippen molar-refractivity contribution in [3.05, 3.63) is 74.6 Å². The first-order valence-corrected chi connectivity index (χ1v) is 14.8. The van der Waals surface area contributed by atoms with Gasteiger partial charge in [-0.05, 0) is 67.7 Å². The fraction of sp³-hybridized carbons (Fsp3) is 0.269. The number of Topliss-reactive ketones (excluding diaryl/α,β-unsaturated/α-hetero) is 1. The maximum atomic E-state index is 13.2. The number of nitrogens with one attached hydrogen (secondary N) is 1. The Hall–Kier alpha value is -2.76. The van der Waals surface area contributed by atoms with E-state index in [1.54, 1.807) is 18.2 Å². The van der Waals surface area contributed by atoms with Crippen LogP contribution < -0.4 is 10.2 Å². The molecule has 0 fully saturated rings. The average Bonchev–Trinajstić information content (AvgIpc) is 3.27. The Morgan fingerprint density at radius 1 is 1.08 bits per heavy atom. The highest BCUT2D eigenvalue weighted by Gasteiger charge is 2.33. The maximum absolute atomic E-state index is 13.2. The Morgan fingerprint density at radius 3 is 2.50 bits per heavy atom. The lowest BCUT2D eigenvalue weighted by molar-refractivity contribution is -0.118. The van der Waals surface area contributed by atoms with Crippen LogP contribution in [0.1, 0.15) is 21.5 Å². The van der Waals surface area contributed by atoms with Crippen LogP contribution in [0.15, 0.2) is 52.7 Å². The summed E-state index contributed by atoms with van der Waals surface area (Å²) in [4.78, 5) is 41.8. The van der Waals surface area contributed by atoms with Crippen LogP contribution in [0.25, 0.3) is 0 Å². The van der Waals surface area contributed by atoms with Crippen molar-refractivity contribution in [2.45, 2.75) is 17.1 Å². The molecule has 200 valence electrons. The first kappa shape index (κ1) is 28.3. The maximum Gasteiger partial charge on any atom is 0.265 e. The third kappa shape index (κ3) is 6.44. The molecule has 1 N–H and O–H groups in total. The number of thiophene rings is 1. The Labute approximate surface area is 235 Å². The van der Waals surface area contributed by atoms with Crippen molar-refractivity contribution in [3.63, 3.8) is 0 Å². The lowest BCUT2D eigenvalue weighted by Crippen LogP contribution is -2.42. The summed E-state index contributed by atoms with van der Waals surface area (Å²) in [5, 5.41) is 3.39. The summed E-state index contributed by atoms with van der Waals surface area (Å²) in [7, 11) is 0.149. The normalized spacial score (nSPS) is 13.7. The van der Waals surface area contributed by atoms with E-state index >= 15 is 0 Å². The summed E-state index contributed by atoms with van der Waals surface area (Å²) >= 11 is 13.1. The Morgan fingerprint density at radius 2 is 1.84 bits per heavy atom. The second-order valence-corrected chi connectivity index (χ2v) is 13.5. The summed E-state index contributed by atoms with van der Waals surface area (Å²) in [5.41, 5.74) is 2.55. The summed E-state index contributed by atoms with van der Waals surface area (Å²) < 4.78 is 25.3. The number of fused-ring (bicyclic) bond motifs is 1. The molecule has 2 heterocycles. The van der Waals surface area contributed by atoms with E-state index in [0.29, 0.717) is 21.0 Å². The highest BCUT2D eigenvalue weighted by atomic mass is 35.5. The van der Waals surface area contributed by atoms with E-state index in [4.69, 9.17) is 23.2 Å². The van der Waals surface area contributed by atoms with Crippen molar-refractivity contribution in [2.75, 3.05) is 43.2 Å². The molecule has 1 aliphatic heterocycles. The number of likely N-dealkylation sites (N-methyl/N-ethyl adjacent to an activating group) is 1. The fourth-order valence-corrected chi connectivity index (χ4v) is 7.17. The number of nitrogens with zero attached hydrogens (tertiary/aromatic N) is 2. The molecule has 0 saturated carbocycles. The lowest BCUT2D eigenvalue weighted by atomic mass is 9.97. The second kappa shape index (κ2) is 11.5. The standard InChI is InChI=1S/C26H25Cl2N3O5S2/c1-30(2)10-9-29-18-4-5-20-17(13-18)14-24(33)31(26(20)34)22-6-3-16(12-21(22)27)11-19(32)15-38(35,36)25-8-7-23(28)37-25/h3-8,12-13,29H,9-11,14-15H2,1-2H3. The number of sulfone groups is 1. The molecule has 2 amide bonds. The van der Waals surface area contributed by atoms with Crippen LogP contribution in [0.3, 0.4) is 0 Å². The molecule has 0 aliphatic carbocycles. The smallest absolute Gasteiger partial charge is 0.265 e. The molecule has 8 nitrogen and oxygen atoms in total. The average molecular weight is 595 g/mol. The van der Waals surface area contributed by atoms with Crippen LogP contribution in [0.2, 0.25) is 9.36 Å². The predicted octanol–water partition coefficient (Wildman–Crippen LogP) is 4.34. The summed E-state index contributed by atoms with van der Waals surface area (Å²) in [5.74, 6) is -2.09. The van der Waals surface area contributed by atoms with E-state index in [-0.39, 0.29) is 27.8 Å². The van der Waals surface area contributed by atoms with Crippen molar-refractivity contribution >= 4 is 73.3 Å². The molecule has 1 aliphatic rings.